The Morgan fingerprint density at radius 1 is 1.43 bits per heavy atom. The second kappa shape index (κ2) is 6.16. The zero-order chi connectivity index (χ0) is 20.5. The highest BCUT2D eigenvalue weighted by molar-refractivity contribution is 6.09. The van der Waals surface area contributed by atoms with Gasteiger partial charge in [0.05, 0.1) is 42.9 Å². The van der Waals surface area contributed by atoms with Gasteiger partial charge in [0.1, 0.15) is 16.9 Å². The molecule has 0 radical (unpaired) electrons. The lowest BCUT2D eigenvalue weighted by Gasteiger charge is -2.56. The van der Waals surface area contributed by atoms with E-state index >= 15 is 0 Å². The van der Waals surface area contributed by atoms with Crippen molar-refractivity contribution in [2.45, 2.75) is 31.1 Å². The highest BCUT2D eigenvalue weighted by Crippen LogP contribution is 2.45. The molecule has 2 aromatic heterocycles. The van der Waals surface area contributed by atoms with Crippen LogP contribution in [-0.2, 0) is 11.2 Å². The van der Waals surface area contributed by atoms with Crippen LogP contribution in [0, 0.1) is 0 Å². The van der Waals surface area contributed by atoms with Crippen molar-refractivity contribution < 1.29 is 19.4 Å². The average Bonchev–Trinajstić information content (AvgIpc) is 3.30. The molecule has 6 rings (SSSR count). The molecule has 0 bridgehead atoms. The smallest absolute Gasteiger partial charge is 0.261 e. The normalized spacial score (nSPS) is 26.4. The molecule has 0 spiro atoms. The fraction of sp³-hybridized carbons (Fsp3) is 0.381. The maximum Gasteiger partial charge on any atom is 0.261 e. The van der Waals surface area contributed by atoms with E-state index in [0.29, 0.717) is 36.0 Å². The fourth-order valence-electron chi connectivity index (χ4n) is 4.41. The van der Waals surface area contributed by atoms with Crippen LogP contribution in [0.1, 0.15) is 22.8 Å². The lowest BCUT2D eigenvalue weighted by Crippen LogP contribution is -2.71. The number of aromatic nitrogens is 3. The number of anilines is 2. The standard InChI is InChI=1S/C21H21N5O4/c1-21(11-27)7-12-5-14(15(6-17(12)30-21)25-9-18-16(25)10-29-18)24-20(28)13-8-23-26-4-2-3-22-19(13)26/h2-6,8,16,18,27H,7,9-11H2,1H3,(H,24,28)/t16?,18-,21-/m1/s1. The van der Waals surface area contributed by atoms with Crippen LogP contribution in [0.15, 0.2) is 36.8 Å². The van der Waals surface area contributed by atoms with E-state index in [1.54, 1.807) is 23.0 Å². The lowest BCUT2D eigenvalue weighted by atomic mass is 9.92. The number of aliphatic hydroxyl groups is 1. The largest absolute Gasteiger partial charge is 0.484 e. The summed E-state index contributed by atoms with van der Waals surface area (Å²) in [4.78, 5) is 19.6. The molecule has 0 aliphatic carbocycles. The van der Waals surface area contributed by atoms with Crippen LogP contribution in [0.2, 0.25) is 0 Å². The summed E-state index contributed by atoms with van der Waals surface area (Å²) in [6.07, 6.45) is 5.75. The predicted molar refractivity (Wildman–Crippen MR) is 108 cm³/mol. The molecule has 5 heterocycles. The van der Waals surface area contributed by atoms with E-state index in [-0.39, 0.29) is 18.6 Å². The number of hydrogen-bond acceptors (Lipinski definition) is 7. The summed E-state index contributed by atoms with van der Waals surface area (Å²) >= 11 is 0. The van der Waals surface area contributed by atoms with Crippen molar-refractivity contribution in [3.05, 3.63) is 47.9 Å². The topological polar surface area (TPSA) is 101 Å². The summed E-state index contributed by atoms with van der Waals surface area (Å²) in [7, 11) is 0. The van der Waals surface area contributed by atoms with Gasteiger partial charge in [0.25, 0.3) is 5.91 Å². The van der Waals surface area contributed by atoms with E-state index in [1.807, 2.05) is 19.1 Å². The Hall–Kier alpha value is -3.17. The summed E-state index contributed by atoms with van der Waals surface area (Å²) in [6.45, 7) is 3.27. The molecule has 2 fully saturated rings. The molecule has 3 atom stereocenters. The summed E-state index contributed by atoms with van der Waals surface area (Å²) in [5.41, 5.74) is 2.84. The van der Waals surface area contributed by atoms with Crippen LogP contribution < -0.4 is 15.0 Å². The van der Waals surface area contributed by atoms with Crippen LogP contribution in [0.5, 0.6) is 5.75 Å². The van der Waals surface area contributed by atoms with Gasteiger partial charge in [-0.25, -0.2) is 9.50 Å². The number of nitrogens with one attached hydrogen (secondary N) is 1. The lowest BCUT2D eigenvalue weighted by molar-refractivity contribution is -0.113. The third kappa shape index (κ3) is 2.52. The number of benzene rings is 1. The van der Waals surface area contributed by atoms with Gasteiger partial charge < -0.3 is 24.8 Å². The number of morpholine rings is 1. The minimum absolute atomic E-state index is 0.0744. The zero-order valence-corrected chi connectivity index (χ0v) is 16.4. The maximum absolute atomic E-state index is 13.1. The van der Waals surface area contributed by atoms with Gasteiger partial charge in [-0.2, -0.15) is 5.10 Å². The minimum Gasteiger partial charge on any atom is -0.484 e. The first-order valence-electron chi connectivity index (χ1n) is 9.99. The van der Waals surface area contributed by atoms with Crippen molar-refractivity contribution in [2.24, 2.45) is 0 Å². The molecule has 3 aliphatic rings. The van der Waals surface area contributed by atoms with E-state index < -0.39 is 5.60 Å². The van der Waals surface area contributed by atoms with Gasteiger partial charge in [-0.05, 0) is 19.1 Å². The van der Waals surface area contributed by atoms with Crippen molar-refractivity contribution in [3.8, 4) is 5.75 Å². The molecule has 3 aromatic rings. The third-order valence-electron chi connectivity index (χ3n) is 6.20. The maximum atomic E-state index is 13.1. The summed E-state index contributed by atoms with van der Waals surface area (Å²) < 4.78 is 13.1. The van der Waals surface area contributed by atoms with E-state index in [2.05, 4.69) is 20.3 Å². The summed E-state index contributed by atoms with van der Waals surface area (Å²) in [6, 6.07) is 6.01. The Morgan fingerprint density at radius 2 is 2.33 bits per heavy atom. The number of amides is 1. The second-order valence-electron chi connectivity index (χ2n) is 8.36. The van der Waals surface area contributed by atoms with Gasteiger partial charge >= 0.3 is 0 Å². The van der Waals surface area contributed by atoms with Gasteiger partial charge in [0.2, 0.25) is 0 Å². The monoisotopic (exact) mass is 407 g/mol. The first-order valence-corrected chi connectivity index (χ1v) is 9.99. The van der Waals surface area contributed by atoms with Gasteiger partial charge in [-0.1, -0.05) is 0 Å². The highest BCUT2D eigenvalue weighted by Gasteiger charge is 2.48. The molecule has 154 valence electrons. The molecule has 9 heteroatoms. The number of ether oxygens (including phenoxy) is 2. The highest BCUT2D eigenvalue weighted by atomic mass is 16.5. The van der Waals surface area contributed by atoms with Crippen molar-refractivity contribution in [2.75, 3.05) is 30.0 Å². The first-order chi connectivity index (χ1) is 14.5. The fourth-order valence-corrected chi connectivity index (χ4v) is 4.41. The quantitative estimate of drug-likeness (QED) is 0.671. The van der Waals surface area contributed by atoms with Crippen LogP contribution >= 0.6 is 0 Å². The molecule has 2 N–H and O–H groups in total. The van der Waals surface area contributed by atoms with Crippen molar-refractivity contribution in [3.63, 3.8) is 0 Å². The molecular formula is C21H21N5O4. The Kier molecular flexibility index (Phi) is 3.63. The molecule has 1 amide bonds. The van der Waals surface area contributed by atoms with Crippen LogP contribution in [0.25, 0.3) is 5.65 Å². The number of carbonyl (C=O) groups is 1. The Labute approximate surface area is 172 Å². The van der Waals surface area contributed by atoms with Gasteiger partial charge in [0.15, 0.2) is 5.65 Å². The number of aliphatic hydroxyl groups excluding tert-OH is 1. The number of hydrogen-bond donors (Lipinski definition) is 2. The molecule has 1 aromatic carbocycles. The van der Waals surface area contributed by atoms with E-state index in [4.69, 9.17) is 9.47 Å². The van der Waals surface area contributed by atoms with E-state index in [1.165, 1.54) is 6.20 Å². The first kappa shape index (κ1) is 17.7. The van der Waals surface area contributed by atoms with E-state index in [9.17, 15) is 9.90 Å². The Morgan fingerprint density at radius 3 is 3.07 bits per heavy atom. The third-order valence-corrected chi connectivity index (χ3v) is 6.20. The molecule has 9 nitrogen and oxygen atoms in total. The molecule has 2 saturated heterocycles. The predicted octanol–water partition coefficient (Wildman–Crippen LogP) is 1.25. The van der Waals surface area contributed by atoms with Crippen LogP contribution in [-0.4, -0.2) is 63.1 Å². The zero-order valence-electron chi connectivity index (χ0n) is 16.4. The molecule has 30 heavy (non-hydrogen) atoms. The molecule has 0 saturated carbocycles. The SMILES string of the molecule is C[C@]1(CO)Cc2cc(NC(=O)c3cnn4cccnc34)c(N3C[C@H]4OCC43)cc2O1. The summed E-state index contributed by atoms with van der Waals surface area (Å²) in [5, 5.41) is 17.0. The van der Waals surface area contributed by atoms with Gasteiger partial charge in [0, 0.05) is 37.0 Å². The second-order valence-corrected chi connectivity index (χ2v) is 8.36. The van der Waals surface area contributed by atoms with Crippen molar-refractivity contribution in [1.29, 1.82) is 0 Å². The number of rotatable bonds is 4. The number of nitrogens with zero attached hydrogens (tertiary/aromatic N) is 4. The van der Waals surface area contributed by atoms with Crippen molar-refractivity contribution >= 4 is 22.9 Å². The summed E-state index contributed by atoms with van der Waals surface area (Å²) in [5.74, 6) is 0.483. The number of carbonyl (C=O) groups excluding carboxylic acids is 1. The van der Waals surface area contributed by atoms with Gasteiger partial charge in [-0.3, -0.25) is 4.79 Å². The number of fused-ring (bicyclic) bond motifs is 3. The average molecular weight is 407 g/mol. The molecule has 1 unspecified atom stereocenters. The molecular weight excluding hydrogens is 386 g/mol. The Bertz CT molecular complexity index is 1180. The van der Waals surface area contributed by atoms with E-state index in [0.717, 1.165) is 23.5 Å². The van der Waals surface area contributed by atoms with Crippen LogP contribution in [0.4, 0.5) is 11.4 Å². The van der Waals surface area contributed by atoms with Gasteiger partial charge in [-0.15, -0.1) is 0 Å². The minimum atomic E-state index is -0.647. The molecule has 3 aliphatic heterocycles. The Balaban J connectivity index is 1.37. The van der Waals surface area contributed by atoms with Crippen LogP contribution in [0.3, 0.4) is 0 Å². The van der Waals surface area contributed by atoms with Crippen molar-refractivity contribution in [1.82, 2.24) is 14.6 Å².